The molecular formula is C41H80NO2PS2. The predicted molar refractivity (Wildman–Crippen MR) is 215 cm³/mol. The molecule has 1 rings (SSSR count). The summed E-state index contributed by atoms with van der Waals surface area (Å²) in [6, 6.07) is 5.86. The van der Waals surface area contributed by atoms with Crippen LogP contribution in [0.1, 0.15) is 219 Å². The van der Waals surface area contributed by atoms with Gasteiger partial charge in [0.2, 0.25) is 0 Å². The molecule has 3 nitrogen and oxygen atoms in total. The normalized spacial score (nSPS) is 12.5. The number of H-pyrrole nitrogens is 1. The minimum Gasteiger partial charge on any atom is -0.793 e. The molecule has 0 aliphatic heterocycles. The molecule has 0 spiro atoms. The van der Waals surface area contributed by atoms with Crippen molar-refractivity contribution in [1.29, 1.82) is 0 Å². The quantitative estimate of drug-likeness (QED) is 0.0513. The molecule has 0 bridgehead atoms. The van der Waals surface area contributed by atoms with Gasteiger partial charge in [0.25, 0.3) is 0 Å². The van der Waals surface area contributed by atoms with Crippen LogP contribution >= 0.6 is 17.1 Å². The molecule has 0 aliphatic carbocycles. The van der Waals surface area contributed by atoms with Crippen LogP contribution < -0.4 is 9.88 Å². The third kappa shape index (κ3) is 42.2. The van der Waals surface area contributed by atoms with Gasteiger partial charge in [0.1, 0.15) is 0 Å². The number of hydrogen-bond donors (Lipinski definition) is 0. The lowest BCUT2D eigenvalue weighted by Gasteiger charge is -2.26. The molecule has 1 aromatic rings. The number of pyridine rings is 1. The van der Waals surface area contributed by atoms with Crippen LogP contribution in [0, 0.1) is 0 Å². The largest absolute Gasteiger partial charge is 0.793 e. The van der Waals surface area contributed by atoms with Crippen molar-refractivity contribution in [3.8, 4) is 0 Å². The molecule has 1 heterocycles. The topological polar surface area (TPSA) is 46.4 Å². The third-order valence-corrected chi connectivity index (χ3v) is 13.5. The second-order valence-corrected chi connectivity index (χ2v) is 20.0. The van der Waals surface area contributed by atoms with E-state index in [1.807, 2.05) is 30.6 Å². The Kier molecular flexibility index (Phi) is 40.6. The second kappa shape index (κ2) is 40.5. The van der Waals surface area contributed by atoms with E-state index < -0.39 is 5.69 Å². The predicted octanol–water partition coefficient (Wildman–Crippen LogP) is 14.3. The number of aromatic nitrogens is 1. The summed E-state index contributed by atoms with van der Waals surface area (Å²) in [6.45, 7) is 5.16. The van der Waals surface area contributed by atoms with E-state index in [2.05, 4.69) is 18.8 Å². The van der Waals surface area contributed by atoms with E-state index in [-0.39, 0.29) is 0 Å². The van der Waals surface area contributed by atoms with Crippen molar-refractivity contribution in [2.75, 3.05) is 12.4 Å². The first-order valence-corrected chi connectivity index (χ1v) is 24.9. The SMILES string of the molecule is CCCCCCCCCCCCCCCCCCOP([O-])(=S)SCCCCCCCCCCCCCCCCCC.c1cc[nH+]cc1. The van der Waals surface area contributed by atoms with Crippen molar-refractivity contribution in [3.05, 3.63) is 30.6 Å². The smallest absolute Gasteiger partial charge is 0.166 e. The molecule has 47 heavy (non-hydrogen) atoms. The van der Waals surface area contributed by atoms with Gasteiger partial charge in [0, 0.05) is 17.8 Å². The molecule has 0 amide bonds. The van der Waals surface area contributed by atoms with Crippen LogP contribution in [0.25, 0.3) is 0 Å². The van der Waals surface area contributed by atoms with E-state index >= 15 is 0 Å². The summed E-state index contributed by atoms with van der Waals surface area (Å²) >= 11 is 6.66. The Labute approximate surface area is 304 Å². The van der Waals surface area contributed by atoms with E-state index in [4.69, 9.17) is 16.3 Å². The Morgan fingerprint density at radius 3 is 1.04 bits per heavy atom. The highest BCUT2D eigenvalue weighted by molar-refractivity contribution is 8.67. The highest BCUT2D eigenvalue weighted by Crippen LogP contribution is 2.52. The summed E-state index contributed by atoms with van der Waals surface area (Å²) in [5, 5.41) is 0. The fourth-order valence-electron chi connectivity index (χ4n) is 6.03. The summed E-state index contributed by atoms with van der Waals surface area (Å²) in [7, 11) is 0. The number of hydrogen-bond acceptors (Lipinski definition) is 4. The number of nitrogens with one attached hydrogen (secondary N) is 1. The van der Waals surface area contributed by atoms with Crippen LogP contribution in [-0.4, -0.2) is 12.4 Å². The Morgan fingerprint density at radius 1 is 0.468 bits per heavy atom. The Balaban J connectivity index is 0.00000313. The summed E-state index contributed by atoms with van der Waals surface area (Å²) in [6.07, 6.45) is 47.6. The monoisotopic (exact) mass is 714 g/mol. The fourth-order valence-corrected chi connectivity index (χ4v) is 9.42. The molecule has 0 fully saturated rings. The highest BCUT2D eigenvalue weighted by Gasteiger charge is 2.04. The molecule has 1 aromatic heterocycles. The van der Waals surface area contributed by atoms with Gasteiger partial charge in [-0.05, 0) is 18.6 Å². The maximum atomic E-state index is 12.5. The van der Waals surface area contributed by atoms with E-state index in [1.54, 1.807) is 0 Å². The Hall–Kier alpha value is 0.0700. The van der Waals surface area contributed by atoms with Gasteiger partial charge in [-0.1, -0.05) is 224 Å². The van der Waals surface area contributed by atoms with Crippen molar-refractivity contribution in [3.63, 3.8) is 0 Å². The van der Waals surface area contributed by atoms with Crippen molar-refractivity contribution in [2.45, 2.75) is 219 Å². The van der Waals surface area contributed by atoms with Crippen LogP contribution in [0.15, 0.2) is 30.6 Å². The summed E-state index contributed by atoms with van der Waals surface area (Å²) in [5.74, 6) is 0.887. The first-order chi connectivity index (χ1) is 23.1. The van der Waals surface area contributed by atoms with E-state index in [9.17, 15) is 4.89 Å². The molecule has 278 valence electrons. The molecular weight excluding hydrogens is 634 g/mol. The molecule has 0 saturated carbocycles. The van der Waals surface area contributed by atoms with E-state index in [1.165, 1.54) is 204 Å². The first kappa shape index (κ1) is 47.1. The van der Waals surface area contributed by atoms with Gasteiger partial charge in [-0.3, -0.25) is 0 Å². The standard InChI is InChI=1S/C36H75O2PS2.C5H5N/c1-3-5-7-9-11-13-15-17-19-21-23-25-27-29-31-33-35-38-39(37,40)41-36-34-32-30-28-26-24-22-20-18-16-14-12-10-8-6-4-2;1-2-4-6-5-3-1/h3-36H2,1-2H3,(H,37,40);1-5H. The second-order valence-electron chi connectivity index (χ2n) is 13.8. The lowest BCUT2D eigenvalue weighted by molar-refractivity contribution is -0.377. The van der Waals surface area contributed by atoms with Gasteiger partial charge in [-0.15, -0.1) is 11.4 Å². The number of aromatic amines is 1. The summed E-state index contributed by atoms with van der Waals surface area (Å²) < 4.78 is 5.61. The van der Waals surface area contributed by atoms with Crippen molar-refractivity contribution in [1.82, 2.24) is 0 Å². The van der Waals surface area contributed by atoms with Crippen molar-refractivity contribution in [2.24, 2.45) is 0 Å². The maximum absolute atomic E-state index is 12.5. The van der Waals surface area contributed by atoms with Crippen LogP contribution in [0.4, 0.5) is 0 Å². The molecule has 0 radical (unpaired) electrons. The van der Waals surface area contributed by atoms with Crippen LogP contribution in [0.2, 0.25) is 0 Å². The Morgan fingerprint density at radius 2 is 0.766 bits per heavy atom. The summed E-state index contributed by atoms with van der Waals surface area (Å²) in [5.41, 5.74) is -2.87. The Bertz CT molecular complexity index is 671. The number of rotatable bonds is 36. The molecule has 1 N–H and O–H groups in total. The minimum absolute atomic E-state index is 0.575. The average molecular weight is 714 g/mol. The minimum atomic E-state index is -2.87. The van der Waals surface area contributed by atoms with Crippen LogP contribution in [-0.2, 0) is 16.3 Å². The highest BCUT2D eigenvalue weighted by atomic mass is 32.9. The molecule has 6 heteroatoms. The lowest BCUT2D eigenvalue weighted by atomic mass is 10.0. The third-order valence-electron chi connectivity index (χ3n) is 9.10. The average Bonchev–Trinajstić information content (AvgIpc) is 3.08. The van der Waals surface area contributed by atoms with Gasteiger partial charge < -0.3 is 9.42 Å². The maximum Gasteiger partial charge on any atom is 0.166 e. The fraction of sp³-hybridized carbons (Fsp3) is 0.878. The first-order valence-electron chi connectivity index (χ1n) is 20.6. The van der Waals surface area contributed by atoms with Gasteiger partial charge in [-0.25, -0.2) is 4.98 Å². The van der Waals surface area contributed by atoms with Gasteiger partial charge in [0.05, 0.1) is 6.61 Å². The molecule has 1 unspecified atom stereocenters. The van der Waals surface area contributed by atoms with Crippen LogP contribution in [0.5, 0.6) is 0 Å². The van der Waals surface area contributed by atoms with Gasteiger partial charge in [-0.2, -0.15) is 0 Å². The number of unbranched alkanes of at least 4 members (excludes halogenated alkanes) is 30. The van der Waals surface area contributed by atoms with Crippen molar-refractivity contribution >= 4 is 28.9 Å². The zero-order chi connectivity index (χ0) is 34.2. The van der Waals surface area contributed by atoms with Gasteiger partial charge >= 0.3 is 0 Å². The molecule has 0 saturated heterocycles. The zero-order valence-corrected chi connectivity index (χ0v) is 34.0. The van der Waals surface area contributed by atoms with E-state index in [0.717, 1.165) is 18.6 Å². The van der Waals surface area contributed by atoms with E-state index in [0.29, 0.717) is 6.61 Å². The molecule has 0 aromatic carbocycles. The summed E-state index contributed by atoms with van der Waals surface area (Å²) in [4.78, 5) is 15.4. The van der Waals surface area contributed by atoms with Crippen LogP contribution in [0.3, 0.4) is 0 Å². The molecule has 0 aliphatic rings. The molecule has 1 atom stereocenters. The lowest BCUT2D eigenvalue weighted by Crippen LogP contribution is -2.03. The van der Waals surface area contributed by atoms with Crippen molar-refractivity contribution < 1.29 is 14.4 Å². The van der Waals surface area contributed by atoms with Gasteiger partial charge in [0.15, 0.2) is 12.4 Å². The zero-order valence-electron chi connectivity index (χ0n) is 31.5.